The molecule has 1 saturated heterocycles. The molecule has 2 aromatic heterocycles. The molecule has 0 atom stereocenters. The zero-order chi connectivity index (χ0) is 24.1. The third-order valence-corrected chi connectivity index (χ3v) is 7.38. The second kappa shape index (κ2) is 8.48. The number of carbonyl (C=O) groups is 1. The number of amides is 1. The van der Waals surface area contributed by atoms with Gasteiger partial charge in [-0.3, -0.25) is 4.79 Å². The highest BCUT2D eigenvalue weighted by Gasteiger charge is 2.26. The lowest BCUT2D eigenvalue weighted by molar-refractivity contribution is -0.126. The number of benzene rings is 2. The average Bonchev–Trinajstić information content (AvgIpc) is 3.22. The lowest BCUT2D eigenvalue weighted by Gasteiger charge is -2.35. The van der Waals surface area contributed by atoms with Crippen molar-refractivity contribution in [2.45, 2.75) is 13.8 Å². The van der Waals surface area contributed by atoms with Gasteiger partial charge >= 0.3 is 0 Å². The first-order valence-electron chi connectivity index (χ1n) is 10.8. The molecule has 7 nitrogen and oxygen atoms in total. The number of aromatic nitrogens is 3. The molecule has 10 heteroatoms. The summed E-state index contributed by atoms with van der Waals surface area (Å²) in [6.45, 7) is 9.42. The minimum atomic E-state index is -0.522. The first kappa shape index (κ1) is 22.5. The number of nitrogens with zero attached hydrogens (tertiary/aromatic N) is 5. The van der Waals surface area contributed by atoms with E-state index < -0.39 is 5.82 Å². The number of fused-ring (bicyclic) bond motifs is 2. The summed E-state index contributed by atoms with van der Waals surface area (Å²) in [5.74, 6) is 0.430. The van der Waals surface area contributed by atoms with Gasteiger partial charge in [0, 0.05) is 42.7 Å². The fraction of sp³-hybridized carbons (Fsp3) is 0.250. The Kier molecular flexibility index (Phi) is 5.61. The number of thiazole rings is 1. The van der Waals surface area contributed by atoms with Gasteiger partial charge in [-0.05, 0) is 31.6 Å². The Balaban J connectivity index is 1.65. The van der Waals surface area contributed by atoms with E-state index in [4.69, 9.17) is 17.3 Å². The quantitative estimate of drug-likeness (QED) is 0.412. The maximum Gasteiger partial charge on any atom is 0.246 e. The molecule has 1 aliphatic rings. The number of piperazine rings is 1. The molecular formula is C24H22ClFN6OS. The van der Waals surface area contributed by atoms with Crippen molar-refractivity contribution in [2.24, 2.45) is 0 Å². The standard InChI is InChI=1S/C24H22ClFN6OS/c1-4-17(33)31-7-9-32(10-8-31)23-15-11-16(25)18(19(26)20(15)28-13(3)29-23)14-6-5-12(2)22-21(14)30-24(27)34-22/h4-6,11H,1,7-10H2,2-3H3,(H2,27,30). The fourth-order valence-corrected chi connectivity index (χ4v) is 5.52. The van der Waals surface area contributed by atoms with Crippen LogP contribution in [-0.4, -0.2) is 51.9 Å². The predicted molar refractivity (Wildman–Crippen MR) is 136 cm³/mol. The number of nitrogen functional groups attached to an aromatic ring is 1. The van der Waals surface area contributed by atoms with E-state index in [1.165, 1.54) is 17.4 Å². The van der Waals surface area contributed by atoms with Crippen molar-refractivity contribution < 1.29 is 9.18 Å². The summed E-state index contributed by atoms with van der Waals surface area (Å²) in [7, 11) is 0. The SMILES string of the molecule is C=CC(=O)N1CCN(c2nc(C)nc3c(F)c(-c4ccc(C)c5sc(N)nc45)c(Cl)cc23)CC1. The molecule has 1 amide bonds. The minimum absolute atomic E-state index is 0.103. The van der Waals surface area contributed by atoms with E-state index in [1.54, 1.807) is 17.9 Å². The van der Waals surface area contributed by atoms with Gasteiger partial charge in [-0.25, -0.2) is 19.3 Å². The summed E-state index contributed by atoms with van der Waals surface area (Å²) in [6.07, 6.45) is 1.31. The van der Waals surface area contributed by atoms with Gasteiger partial charge in [0.2, 0.25) is 5.91 Å². The normalized spacial score (nSPS) is 14.2. The molecule has 34 heavy (non-hydrogen) atoms. The van der Waals surface area contributed by atoms with Crippen LogP contribution in [0.5, 0.6) is 0 Å². The van der Waals surface area contributed by atoms with E-state index in [2.05, 4.69) is 21.5 Å². The van der Waals surface area contributed by atoms with E-state index >= 15 is 4.39 Å². The largest absolute Gasteiger partial charge is 0.375 e. The van der Waals surface area contributed by atoms with Crippen LogP contribution in [0, 0.1) is 19.7 Å². The first-order chi connectivity index (χ1) is 16.3. The summed E-state index contributed by atoms with van der Waals surface area (Å²) < 4.78 is 17.0. The van der Waals surface area contributed by atoms with Crippen molar-refractivity contribution in [3.8, 4) is 11.1 Å². The van der Waals surface area contributed by atoms with Gasteiger partial charge in [0.15, 0.2) is 10.9 Å². The maximum atomic E-state index is 16.1. The number of nitrogens with two attached hydrogens (primary N) is 1. The van der Waals surface area contributed by atoms with Crippen LogP contribution < -0.4 is 10.6 Å². The monoisotopic (exact) mass is 496 g/mol. The van der Waals surface area contributed by atoms with E-state index in [1.807, 2.05) is 24.0 Å². The van der Waals surface area contributed by atoms with Crippen molar-refractivity contribution in [1.82, 2.24) is 19.9 Å². The van der Waals surface area contributed by atoms with Crippen molar-refractivity contribution in [3.63, 3.8) is 0 Å². The topological polar surface area (TPSA) is 88.2 Å². The second-order valence-corrected chi connectivity index (χ2v) is 9.65. The van der Waals surface area contributed by atoms with Crippen molar-refractivity contribution >= 4 is 60.9 Å². The number of halogens is 2. The van der Waals surface area contributed by atoms with Crippen molar-refractivity contribution in [3.05, 3.63) is 53.1 Å². The van der Waals surface area contributed by atoms with Crippen LogP contribution in [-0.2, 0) is 4.79 Å². The number of hydrogen-bond acceptors (Lipinski definition) is 7. The summed E-state index contributed by atoms with van der Waals surface area (Å²) in [4.78, 5) is 29.2. The number of carbonyl (C=O) groups excluding carboxylic acids is 1. The van der Waals surface area contributed by atoms with Crippen LogP contribution in [0.2, 0.25) is 5.02 Å². The highest BCUT2D eigenvalue weighted by Crippen LogP contribution is 2.42. The predicted octanol–water partition coefficient (Wildman–Crippen LogP) is 4.73. The third-order valence-electron chi connectivity index (χ3n) is 6.07. The molecule has 0 radical (unpaired) electrons. The third kappa shape index (κ3) is 3.65. The van der Waals surface area contributed by atoms with Crippen LogP contribution in [0.15, 0.2) is 30.9 Å². The average molecular weight is 497 g/mol. The van der Waals surface area contributed by atoms with Crippen LogP contribution in [0.3, 0.4) is 0 Å². The number of aryl methyl sites for hydroxylation is 2. The molecule has 0 unspecified atom stereocenters. The van der Waals surface area contributed by atoms with Gasteiger partial charge in [0.05, 0.1) is 15.2 Å². The van der Waals surface area contributed by atoms with Gasteiger partial charge in [-0.15, -0.1) is 0 Å². The van der Waals surface area contributed by atoms with Crippen LogP contribution >= 0.6 is 22.9 Å². The molecule has 2 aromatic carbocycles. The number of rotatable bonds is 3. The molecule has 0 bridgehead atoms. The molecule has 1 fully saturated rings. The molecule has 0 saturated carbocycles. The summed E-state index contributed by atoms with van der Waals surface area (Å²) in [5.41, 5.74) is 8.61. The van der Waals surface area contributed by atoms with Gasteiger partial charge in [0.25, 0.3) is 0 Å². The van der Waals surface area contributed by atoms with Crippen molar-refractivity contribution in [2.75, 3.05) is 36.8 Å². The Bertz CT molecular complexity index is 1480. The molecule has 5 rings (SSSR count). The lowest BCUT2D eigenvalue weighted by atomic mass is 10.00. The van der Waals surface area contributed by atoms with E-state index in [-0.39, 0.29) is 22.0 Å². The number of hydrogen-bond donors (Lipinski definition) is 1. The molecule has 4 aromatic rings. The van der Waals surface area contributed by atoms with Crippen LogP contribution in [0.4, 0.5) is 15.3 Å². The summed E-state index contributed by atoms with van der Waals surface area (Å²) >= 11 is 8.06. The molecule has 174 valence electrons. The zero-order valence-electron chi connectivity index (χ0n) is 18.7. The molecule has 0 aliphatic carbocycles. The van der Waals surface area contributed by atoms with Crippen molar-refractivity contribution in [1.29, 1.82) is 0 Å². The fourth-order valence-electron chi connectivity index (χ4n) is 4.40. The van der Waals surface area contributed by atoms with Gasteiger partial charge < -0.3 is 15.5 Å². The van der Waals surface area contributed by atoms with Gasteiger partial charge in [-0.1, -0.05) is 41.6 Å². The molecule has 1 aliphatic heterocycles. The van der Waals surface area contributed by atoms with Gasteiger partial charge in [0.1, 0.15) is 17.2 Å². The molecule has 2 N–H and O–H groups in total. The molecule has 0 spiro atoms. The van der Waals surface area contributed by atoms with E-state index in [0.29, 0.717) is 59.4 Å². The molecule has 3 heterocycles. The Morgan fingerprint density at radius 2 is 1.91 bits per heavy atom. The maximum absolute atomic E-state index is 16.1. The summed E-state index contributed by atoms with van der Waals surface area (Å²) in [6, 6.07) is 5.44. The minimum Gasteiger partial charge on any atom is -0.375 e. The molecular weight excluding hydrogens is 475 g/mol. The summed E-state index contributed by atoms with van der Waals surface area (Å²) in [5, 5.41) is 1.19. The van der Waals surface area contributed by atoms with Crippen LogP contribution in [0.25, 0.3) is 32.2 Å². The Hall–Kier alpha value is -3.30. The number of anilines is 2. The highest BCUT2D eigenvalue weighted by molar-refractivity contribution is 7.22. The Morgan fingerprint density at radius 1 is 1.18 bits per heavy atom. The Labute approximate surface area is 204 Å². The zero-order valence-corrected chi connectivity index (χ0v) is 20.3. The van der Waals surface area contributed by atoms with Crippen LogP contribution in [0.1, 0.15) is 11.4 Å². The lowest BCUT2D eigenvalue weighted by Crippen LogP contribution is -2.48. The van der Waals surface area contributed by atoms with E-state index in [0.717, 1.165) is 10.3 Å². The highest BCUT2D eigenvalue weighted by atomic mass is 35.5. The first-order valence-corrected chi connectivity index (χ1v) is 12.0. The smallest absolute Gasteiger partial charge is 0.246 e. The van der Waals surface area contributed by atoms with Gasteiger partial charge in [-0.2, -0.15) is 0 Å². The van der Waals surface area contributed by atoms with E-state index in [9.17, 15) is 4.79 Å². The second-order valence-electron chi connectivity index (χ2n) is 8.21. The Morgan fingerprint density at radius 3 is 2.62 bits per heavy atom.